The van der Waals surface area contributed by atoms with Crippen molar-refractivity contribution in [3.63, 3.8) is 0 Å². The summed E-state index contributed by atoms with van der Waals surface area (Å²) >= 11 is 12.5. The number of anilines is 1. The van der Waals surface area contributed by atoms with E-state index in [1.54, 1.807) is 30.0 Å². The average Bonchev–Trinajstić information content (AvgIpc) is 3.13. The number of halogens is 2. The molecular formula is C24H25Cl2N3O3. The van der Waals surface area contributed by atoms with Gasteiger partial charge in [0.05, 0.1) is 33.7 Å². The molecule has 0 unspecified atom stereocenters. The van der Waals surface area contributed by atoms with E-state index >= 15 is 0 Å². The van der Waals surface area contributed by atoms with Gasteiger partial charge in [-0.15, -0.1) is 0 Å². The fourth-order valence-corrected chi connectivity index (χ4v) is 4.45. The van der Waals surface area contributed by atoms with E-state index in [-0.39, 0.29) is 12.5 Å². The number of carbonyl (C=O) groups is 2. The molecule has 3 aromatic rings. The molecule has 168 valence electrons. The van der Waals surface area contributed by atoms with Gasteiger partial charge in [-0.05, 0) is 49.1 Å². The van der Waals surface area contributed by atoms with Crippen LogP contribution in [0.2, 0.25) is 10.0 Å². The maximum absolute atomic E-state index is 13.7. The lowest BCUT2D eigenvalue weighted by Crippen LogP contribution is -2.50. The topological polar surface area (TPSA) is 64.4 Å². The number of aromatic nitrogens is 2. The van der Waals surface area contributed by atoms with Gasteiger partial charge in [0.2, 0.25) is 11.9 Å². The molecule has 1 aromatic heterocycles. The van der Waals surface area contributed by atoms with Crippen molar-refractivity contribution < 1.29 is 14.3 Å². The Kier molecular flexibility index (Phi) is 6.45. The Morgan fingerprint density at radius 2 is 1.91 bits per heavy atom. The monoisotopic (exact) mass is 473 g/mol. The third-order valence-corrected chi connectivity index (χ3v) is 6.44. The van der Waals surface area contributed by atoms with Gasteiger partial charge in [0.15, 0.2) is 5.92 Å². The SMILES string of the molecule is CCOC(=O)[C@@H]1C(=O)N(CCC(C)C)c2nc3ccccc3n2[C@@H]1c1ccc(Cl)c(Cl)c1. The van der Waals surface area contributed by atoms with Crippen molar-refractivity contribution >= 4 is 52.1 Å². The van der Waals surface area contributed by atoms with Crippen molar-refractivity contribution in [2.24, 2.45) is 11.8 Å². The Labute approximate surface area is 197 Å². The summed E-state index contributed by atoms with van der Waals surface area (Å²) in [5, 5.41) is 0.756. The summed E-state index contributed by atoms with van der Waals surface area (Å²) in [5.74, 6) is -1.04. The summed E-state index contributed by atoms with van der Waals surface area (Å²) in [7, 11) is 0. The van der Waals surface area contributed by atoms with Crippen LogP contribution in [0, 0.1) is 11.8 Å². The second-order valence-corrected chi connectivity index (χ2v) is 9.11. The minimum atomic E-state index is -1.07. The second-order valence-electron chi connectivity index (χ2n) is 8.29. The molecule has 0 fully saturated rings. The molecule has 0 bridgehead atoms. The number of imidazole rings is 1. The third-order valence-electron chi connectivity index (χ3n) is 5.70. The number of nitrogens with zero attached hydrogens (tertiary/aromatic N) is 3. The number of ether oxygens (including phenoxy) is 1. The highest BCUT2D eigenvalue weighted by molar-refractivity contribution is 6.42. The molecule has 2 atom stereocenters. The fourth-order valence-electron chi connectivity index (χ4n) is 4.14. The van der Waals surface area contributed by atoms with Crippen molar-refractivity contribution in [1.29, 1.82) is 0 Å². The fraction of sp³-hybridized carbons (Fsp3) is 0.375. The van der Waals surface area contributed by atoms with Gasteiger partial charge in [-0.2, -0.15) is 0 Å². The lowest BCUT2D eigenvalue weighted by molar-refractivity contribution is -0.153. The molecule has 1 aliphatic heterocycles. The summed E-state index contributed by atoms with van der Waals surface area (Å²) in [6, 6.07) is 12.2. The highest BCUT2D eigenvalue weighted by atomic mass is 35.5. The maximum atomic E-state index is 13.7. The second kappa shape index (κ2) is 9.12. The van der Waals surface area contributed by atoms with Crippen molar-refractivity contribution in [2.75, 3.05) is 18.1 Å². The first-order chi connectivity index (χ1) is 15.3. The van der Waals surface area contributed by atoms with Crippen molar-refractivity contribution in [3.05, 3.63) is 58.1 Å². The lowest BCUT2D eigenvalue weighted by Gasteiger charge is -2.38. The minimum absolute atomic E-state index is 0.181. The van der Waals surface area contributed by atoms with Crippen molar-refractivity contribution in [1.82, 2.24) is 9.55 Å². The molecule has 6 nitrogen and oxygen atoms in total. The first-order valence-corrected chi connectivity index (χ1v) is 11.5. The minimum Gasteiger partial charge on any atom is -0.465 e. The van der Waals surface area contributed by atoms with Gasteiger partial charge in [0.25, 0.3) is 0 Å². The van der Waals surface area contributed by atoms with E-state index in [2.05, 4.69) is 13.8 Å². The van der Waals surface area contributed by atoms with Crippen LogP contribution in [0.3, 0.4) is 0 Å². The molecule has 2 heterocycles. The zero-order chi connectivity index (χ0) is 23.0. The van der Waals surface area contributed by atoms with Gasteiger partial charge in [-0.1, -0.05) is 55.2 Å². The molecular weight excluding hydrogens is 449 g/mol. The maximum Gasteiger partial charge on any atom is 0.321 e. The van der Waals surface area contributed by atoms with Crippen LogP contribution in [0.25, 0.3) is 11.0 Å². The molecule has 1 aliphatic rings. The molecule has 0 saturated carbocycles. The van der Waals surface area contributed by atoms with Crippen molar-refractivity contribution in [2.45, 2.75) is 33.2 Å². The molecule has 2 aromatic carbocycles. The van der Waals surface area contributed by atoms with E-state index in [1.165, 1.54) is 0 Å². The van der Waals surface area contributed by atoms with Crippen LogP contribution < -0.4 is 4.90 Å². The summed E-state index contributed by atoms with van der Waals surface area (Å²) in [6.45, 7) is 6.56. The van der Waals surface area contributed by atoms with Crippen molar-refractivity contribution in [3.8, 4) is 0 Å². The number of esters is 1. The van der Waals surface area contributed by atoms with E-state index < -0.39 is 17.9 Å². The van der Waals surface area contributed by atoms with E-state index in [4.69, 9.17) is 32.9 Å². The highest BCUT2D eigenvalue weighted by Crippen LogP contribution is 2.42. The van der Waals surface area contributed by atoms with Crippen LogP contribution in [-0.4, -0.2) is 34.6 Å². The Morgan fingerprint density at radius 1 is 1.16 bits per heavy atom. The van der Waals surface area contributed by atoms with Gasteiger partial charge in [-0.25, -0.2) is 4.98 Å². The standard InChI is InChI=1S/C24H25Cl2N3O3/c1-4-32-23(31)20-21(15-9-10-16(25)17(26)13-15)29-19-8-6-5-7-18(19)27-24(29)28(22(20)30)12-11-14(2)3/h5-10,13-14,20-21H,4,11-12H2,1-3H3/t20-,21+/m0/s1. The zero-order valence-corrected chi connectivity index (χ0v) is 19.7. The molecule has 0 N–H and O–H groups in total. The summed E-state index contributed by atoms with van der Waals surface area (Å²) in [5.41, 5.74) is 2.27. The first kappa shape index (κ1) is 22.6. The molecule has 0 radical (unpaired) electrons. The quantitative estimate of drug-likeness (QED) is 0.349. The predicted octanol–water partition coefficient (Wildman–Crippen LogP) is 5.50. The number of benzene rings is 2. The van der Waals surface area contributed by atoms with E-state index in [9.17, 15) is 9.59 Å². The lowest BCUT2D eigenvalue weighted by atomic mass is 9.89. The summed E-state index contributed by atoms with van der Waals surface area (Å²) < 4.78 is 7.31. The smallest absolute Gasteiger partial charge is 0.321 e. The van der Waals surface area contributed by atoms with E-state index in [0.29, 0.717) is 34.0 Å². The number of hydrogen-bond acceptors (Lipinski definition) is 4. The summed E-state index contributed by atoms with van der Waals surface area (Å²) in [6.07, 6.45) is 0.780. The number of fused-ring (bicyclic) bond motifs is 3. The molecule has 0 saturated heterocycles. The molecule has 4 rings (SSSR count). The van der Waals surface area contributed by atoms with Crippen LogP contribution in [0.15, 0.2) is 42.5 Å². The van der Waals surface area contributed by atoms with Crippen LogP contribution in [0.5, 0.6) is 0 Å². The van der Waals surface area contributed by atoms with Gasteiger partial charge in [0.1, 0.15) is 0 Å². The normalized spacial score (nSPS) is 18.3. The Balaban J connectivity index is 1.97. The van der Waals surface area contributed by atoms with Crippen LogP contribution in [0.1, 0.15) is 38.8 Å². The largest absolute Gasteiger partial charge is 0.465 e. The molecule has 1 amide bonds. The molecule has 32 heavy (non-hydrogen) atoms. The number of rotatable bonds is 6. The van der Waals surface area contributed by atoms with Crippen LogP contribution in [-0.2, 0) is 14.3 Å². The number of hydrogen-bond donors (Lipinski definition) is 0. The number of carbonyl (C=O) groups excluding carboxylic acids is 2. The van der Waals surface area contributed by atoms with Gasteiger partial charge >= 0.3 is 5.97 Å². The first-order valence-electron chi connectivity index (χ1n) is 10.7. The zero-order valence-electron chi connectivity index (χ0n) is 18.2. The Hall–Kier alpha value is -2.57. The summed E-state index contributed by atoms with van der Waals surface area (Å²) in [4.78, 5) is 33.3. The molecule has 8 heteroatoms. The van der Waals surface area contributed by atoms with Gasteiger partial charge in [-0.3, -0.25) is 14.5 Å². The molecule has 0 aliphatic carbocycles. The van der Waals surface area contributed by atoms with E-state index in [0.717, 1.165) is 17.5 Å². The van der Waals surface area contributed by atoms with Gasteiger partial charge < -0.3 is 9.30 Å². The average molecular weight is 474 g/mol. The van der Waals surface area contributed by atoms with Crippen LogP contribution in [0.4, 0.5) is 5.95 Å². The van der Waals surface area contributed by atoms with Crippen LogP contribution >= 0.6 is 23.2 Å². The highest BCUT2D eigenvalue weighted by Gasteiger charge is 2.47. The molecule has 0 spiro atoms. The van der Waals surface area contributed by atoms with Gasteiger partial charge in [0, 0.05) is 6.54 Å². The Morgan fingerprint density at radius 3 is 2.59 bits per heavy atom. The predicted molar refractivity (Wildman–Crippen MR) is 126 cm³/mol. The third kappa shape index (κ3) is 3.97. The number of para-hydroxylation sites is 2. The number of amides is 1. The Bertz CT molecular complexity index is 1170. The van der Waals surface area contributed by atoms with E-state index in [1.807, 2.05) is 28.8 Å².